The average molecular weight is 623 g/mol. The maximum atomic E-state index is 11.7. The molecule has 10 rings (SSSR count). The van der Waals surface area contributed by atoms with Gasteiger partial charge in [0.15, 0.2) is 11.5 Å². The number of benzene rings is 4. The Morgan fingerprint density at radius 2 is 1.20 bits per heavy atom. The smallest absolute Gasteiger partial charge is 0.169 e. The maximum absolute atomic E-state index is 11.7. The van der Waals surface area contributed by atoms with Crippen LogP contribution < -0.4 is 4.74 Å². The van der Waals surface area contributed by atoms with Gasteiger partial charge in [0.05, 0.1) is 26.4 Å². The Balaban J connectivity index is 1.25. The fraction of sp³-hybridized carbons (Fsp3) is 0.368. The first kappa shape index (κ1) is 30.6. The summed E-state index contributed by atoms with van der Waals surface area (Å²) in [5.74, 6) is 1.67. The van der Waals surface area contributed by atoms with E-state index in [1.807, 2.05) is 54.6 Å². The van der Waals surface area contributed by atoms with E-state index >= 15 is 0 Å². The summed E-state index contributed by atoms with van der Waals surface area (Å²) in [5, 5.41) is 34.4. The first-order valence-corrected chi connectivity index (χ1v) is 16.4. The Hall–Kier alpha value is -4.08. The lowest BCUT2D eigenvalue weighted by atomic mass is 9.90. The predicted molar refractivity (Wildman–Crippen MR) is 177 cm³/mol. The Bertz CT molecular complexity index is 1680. The molecule has 2 saturated heterocycles. The van der Waals surface area contributed by atoms with E-state index in [1.165, 1.54) is 0 Å². The third-order valence-electron chi connectivity index (χ3n) is 9.42. The van der Waals surface area contributed by atoms with Crippen LogP contribution in [0.25, 0.3) is 11.1 Å². The molecular weight excluding hydrogens is 580 g/mol. The summed E-state index contributed by atoms with van der Waals surface area (Å²) >= 11 is 0. The molecule has 8 nitrogen and oxygen atoms in total. The molecule has 0 spiro atoms. The number of aryl methyl sites for hydroxylation is 4. The van der Waals surface area contributed by atoms with Crippen LogP contribution in [0.3, 0.4) is 0 Å². The molecule has 4 aromatic carbocycles. The van der Waals surface area contributed by atoms with Gasteiger partial charge < -0.3 is 29.5 Å². The quantitative estimate of drug-likeness (QED) is 0.263. The van der Waals surface area contributed by atoms with Gasteiger partial charge in [0, 0.05) is 61.5 Å². The van der Waals surface area contributed by atoms with Crippen molar-refractivity contribution < 1.29 is 29.5 Å². The number of hydrogen-bond donors (Lipinski definition) is 3. The summed E-state index contributed by atoms with van der Waals surface area (Å²) < 4.78 is 17.3. The van der Waals surface area contributed by atoms with Crippen LogP contribution in [-0.4, -0.2) is 77.7 Å². The number of nitrogens with zero attached hydrogens (tertiary/aromatic N) is 2. The monoisotopic (exact) mass is 622 g/mol. The second-order valence-electron chi connectivity index (χ2n) is 12.6. The van der Waals surface area contributed by atoms with Gasteiger partial charge in [0.2, 0.25) is 0 Å². The third kappa shape index (κ3) is 6.86. The Labute approximate surface area is 270 Å². The standard InChI is InChI=1S/C38H42N2O6/c41-34-22-27-1-2-28-21-31(25-40-15-19-45-20-16-40)37(42)35(23-28)46-32-10-4-26(5-11-32)3-7-29-8-9-30(24-39-13-17-44-18-14-39)38(43)36(29)33(34)12-6-27/h4-6,8-12,21-23,41-43H,1-3,7,13-20,24-25H2. The number of morpholine rings is 2. The molecule has 46 heavy (non-hydrogen) atoms. The van der Waals surface area contributed by atoms with Crippen LogP contribution in [0, 0.1) is 0 Å². The van der Waals surface area contributed by atoms with E-state index in [-0.39, 0.29) is 17.2 Å². The van der Waals surface area contributed by atoms with Crippen molar-refractivity contribution in [3.63, 3.8) is 0 Å². The summed E-state index contributed by atoms with van der Waals surface area (Å²) in [6.07, 6.45) is 2.84. The fourth-order valence-electron chi connectivity index (χ4n) is 6.75. The van der Waals surface area contributed by atoms with E-state index < -0.39 is 0 Å². The summed E-state index contributed by atoms with van der Waals surface area (Å²) in [5.41, 5.74) is 7.18. The van der Waals surface area contributed by atoms with E-state index in [2.05, 4.69) is 21.9 Å². The zero-order chi connectivity index (χ0) is 31.5. The minimum atomic E-state index is 0.158. The van der Waals surface area contributed by atoms with Gasteiger partial charge in [0.1, 0.15) is 17.2 Å². The third-order valence-corrected chi connectivity index (χ3v) is 9.42. The Morgan fingerprint density at radius 1 is 0.565 bits per heavy atom. The lowest BCUT2D eigenvalue weighted by Crippen LogP contribution is -2.35. The van der Waals surface area contributed by atoms with Crippen LogP contribution in [0.5, 0.6) is 28.7 Å². The van der Waals surface area contributed by atoms with Crippen molar-refractivity contribution in [3.8, 4) is 39.9 Å². The Morgan fingerprint density at radius 3 is 1.89 bits per heavy atom. The molecule has 3 N–H and O–H groups in total. The molecule has 4 aromatic rings. The minimum Gasteiger partial charge on any atom is -0.507 e. The van der Waals surface area contributed by atoms with Gasteiger partial charge in [-0.25, -0.2) is 0 Å². The average Bonchev–Trinajstić information content (AvgIpc) is 3.07. The number of rotatable bonds is 4. The van der Waals surface area contributed by atoms with Crippen molar-refractivity contribution >= 4 is 0 Å². The van der Waals surface area contributed by atoms with Crippen LogP contribution in [-0.2, 0) is 48.2 Å². The largest absolute Gasteiger partial charge is 0.507 e. The number of phenols is 3. The van der Waals surface area contributed by atoms with Gasteiger partial charge in [-0.15, -0.1) is 0 Å². The van der Waals surface area contributed by atoms with Crippen LogP contribution in [0.15, 0.2) is 66.7 Å². The molecule has 0 radical (unpaired) electrons. The van der Waals surface area contributed by atoms with Crippen molar-refractivity contribution in [1.82, 2.24) is 9.80 Å². The van der Waals surface area contributed by atoms with Crippen LogP contribution in [0.1, 0.15) is 33.4 Å². The zero-order valence-corrected chi connectivity index (χ0v) is 26.2. The Kier molecular flexibility index (Phi) is 9.12. The number of phenolic OH excluding ortho intramolecular Hbond substituents is 3. The molecule has 6 heterocycles. The van der Waals surface area contributed by atoms with Crippen LogP contribution >= 0.6 is 0 Å². The normalized spacial score (nSPS) is 17.7. The van der Waals surface area contributed by atoms with E-state index in [0.717, 1.165) is 66.0 Å². The molecule has 0 aromatic heterocycles. The van der Waals surface area contributed by atoms with Crippen molar-refractivity contribution in [1.29, 1.82) is 0 Å². The highest BCUT2D eigenvalue weighted by atomic mass is 16.5. The molecule has 6 bridgehead atoms. The molecular formula is C38H42N2O6. The summed E-state index contributed by atoms with van der Waals surface area (Å²) in [6, 6.07) is 21.9. The molecule has 0 unspecified atom stereocenters. The van der Waals surface area contributed by atoms with Gasteiger partial charge in [-0.05, 0) is 72.2 Å². The van der Waals surface area contributed by atoms with E-state index in [0.29, 0.717) is 81.4 Å². The summed E-state index contributed by atoms with van der Waals surface area (Å²) in [7, 11) is 0. The molecule has 0 amide bonds. The molecule has 0 atom stereocenters. The lowest BCUT2D eigenvalue weighted by molar-refractivity contribution is 0.0338. The highest BCUT2D eigenvalue weighted by molar-refractivity contribution is 5.80. The van der Waals surface area contributed by atoms with Crippen molar-refractivity contribution in [3.05, 3.63) is 100 Å². The van der Waals surface area contributed by atoms with Crippen LogP contribution in [0.4, 0.5) is 0 Å². The van der Waals surface area contributed by atoms with E-state index in [4.69, 9.17) is 14.2 Å². The molecule has 240 valence electrons. The fourth-order valence-corrected chi connectivity index (χ4v) is 6.75. The predicted octanol–water partition coefficient (Wildman–Crippen LogP) is 5.81. The van der Waals surface area contributed by atoms with Crippen molar-refractivity contribution in [2.45, 2.75) is 38.8 Å². The number of hydrogen-bond acceptors (Lipinski definition) is 8. The topological polar surface area (TPSA) is 94.9 Å². The summed E-state index contributed by atoms with van der Waals surface area (Å²) in [6.45, 7) is 7.30. The van der Waals surface area contributed by atoms with Gasteiger partial charge in [-0.3, -0.25) is 9.80 Å². The SMILES string of the molecule is Oc1cc2ccc1-c1c(ccc(CN3CCOCC3)c1O)CCc1ccc(cc1)Oc1cc(cc(CN3CCOCC3)c1O)CC2. The highest BCUT2D eigenvalue weighted by Gasteiger charge is 2.22. The summed E-state index contributed by atoms with van der Waals surface area (Å²) in [4.78, 5) is 4.58. The van der Waals surface area contributed by atoms with Gasteiger partial charge in [-0.2, -0.15) is 0 Å². The van der Waals surface area contributed by atoms with Gasteiger partial charge in [0.25, 0.3) is 0 Å². The zero-order valence-electron chi connectivity index (χ0n) is 26.2. The van der Waals surface area contributed by atoms with Crippen molar-refractivity contribution in [2.75, 3.05) is 52.6 Å². The van der Waals surface area contributed by atoms with E-state index in [1.54, 1.807) is 0 Å². The molecule has 6 aliphatic heterocycles. The minimum absolute atomic E-state index is 0.158. The second kappa shape index (κ2) is 13.7. The first-order chi connectivity index (χ1) is 22.5. The van der Waals surface area contributed by atoms with Gasteiger partial charge in [-0.1, -0.05) is 42.5 Å². The molecule has 6 aliphatic rings. The molecule has 2 fully saturated rings. The highest BCUT2D eigenvalue weighted by Crippen LogP contribution is 2.42. The molecule has 0 aliphatic carbocycles. The number of aromatic hydroxyl groups is 3. The maximum Gasteiger partial charge on any atom is 0.169 e. The molecule has 8 heteroatoms. The second-order valence-corrected chi connectivity index (χ2v) is 12.6. The number of ether oxygens (including phenoxy) is 3. The van der Waals surface area contributed by atoms with Gasteiger partial charge >= 0.3 is 0 Å². The molecule has 0 saturated carbocycles. The van der Waals surface area contributed by atoms with E-state index in [9.17, 15) is 15.3 Å². The first-order valence-electron chi connectivity index (χ1n) is 16.4. The van der Waals surface area contributed by atoms with Crippen LogP contribution in [0.2, 0.25) is 0 Å². The van der Waals surface area contributed by atoms with Crippen molar-refractivity contribution in [2.24, 2.45) is 0 Å². The lowest BCUT2D eigenvalue weighted by Gasteiger charge is -2.27.